The number of piperidine rings is 1. The second kappa shape index (κ2) is 8.07. The van der Waals surface area contributed by atoms with Crippen LogP contribution >= 0.6 is 0 Å². The Bertz CT molecular complexity index is 1180. The van der Waals surface area contributed by atoms with Gasteiger partial charge in [-0.25, -0.2) is 9.37 Å². The fourth-order valence-corrected chi connectivity index (χ4v) is 5.11. The zero-order valence-corrected chi connectivity index (χ0v) is 17.8. The first kappa shape index (κ1) is 20.2. The van der Waals surface area contributed by atoms with E-state index >= 15 is 0 Å². The van der Waals surface area contributed by atoms with Gasteiger partial charge in [0, 0.05) is 35.7 Å². The van der Waals surface area contributed by atoms with Gasteiger partial charge in [-0.05, 0) is 70.3 Å². The van der Waals surface area contributed by atoms with Crippen molar-refractivity contribution in [1.82, 2.24) is 14.5 Å². The van der Waals surface area contributed by atoms with Crippen LogP contribution in [0, 0.1) is 17.9 Å². The standard InChI is InChI=1S/C23H27FN4O3/c1-15-18(23(29)27-10-3-2-4-21(27)25-15)9-13-26-11-7-16(8-12-26)22-19-6-5-17(24)14-20(19)31-28(22)30/h5-6,14,16H,2-4,7-13H2,1H3. The number of aryl methyl sites for hydroxylation is 2. The summed E-state index contributed by atoms with van der Waals surface area (Å²) < 4.78 is 20.5. The van der Waals surface area contributed by atoms with Gasteiger partial charge >= 0.3 is 0 Å². The van der Waals surface area contributed by atoms with E-state index in [0.29, 0.717) is 28.0 Å². The maximum Gasteiger partial charge on any atom is 0.257 e. The number of nitrogens with zero attached hydrogens (tertiary/aromatic N) is 4. The van der Waals surface area contributed by atoms with Crippen molar-refractivity contribution >= 4 is 11.0 Å². The van der Waals surface area contributed by atoms with Crippen LogP contribution in [0.2, 0.25) is 0 Å². The molecule has 7 nitrogen and oxygen atoms in total. The molecule has 0 radical (unpaired) electrons. The van der Waals surface area contributed by atoms with Crippen molar-refractivity contribution in [3.63, 3.8) is 0 Å². The lowest BCUT2D eigenvalue weighted by atomic mass is 9.91. The van der Waals surface area contributed by atoms with Gasteiger partial charge in [-0.1, -0.05) is 0 Å². The molecule has 0 spiro atoms. The highest BCUT2D eigenvalue weighted by molar-refractivity contribution is 5.78. The summed E-state index contributed by atoms with van der Waals surface area (Å²) in [6.45, 7) is 5.21. The number of hydrogen-bond acceptors (Lipinski definition) is 5. The molecular formula is C23H27FN4O3. The summed E-state index contributed by atoms with van der Waals surface area (Å²) in [6.07, 6.45) is 5.38. The predicted molar refractivity (Wildman–Crippen MR) is 113 cm³/mol. The maximum absolute atomic E-state index is 13.4. The van der Waals surface area contributed by atoms with Crippen molar-refractivity contribution in [3.8, 4) is 0 Å². The molecule has 164 valence electrons. The van der Waals surface area contributed by atoms with Gasteiger partial charge in [0.15, 0.2) is 0 Å². The Morgan fingerprint density at radius 1 is 1.26 bits per heavy atom. The molecule has 8 heteroatoms. The first-order chi connectivity index (χ1) is 15.0. The number of aromatic nitrogens is 3. The molecule has 1 aromatic carbocycles. The van der Waals surface area contributed by atoms with E-state index in [0.717, 1.165) is 75.4 Å². The zero-order valence-electron chi connectivity index (χ0n) is 17.8. The summed E-state index contributed by atoms with van der Waals surface area (Å²) in [6, 6.07) is 4.25. The maximum atomic E-state index is 13.4. The average Bonchev–Trinajstić information content (AvgIpc) is 3.08. The van der Waals surface area contributed by atoms with Gasteiger partial charge in [0.05, 0.1) is 16.9 Å². The summed E-state index contributed by atoms with van der Waals surface area (Å²) in [5.74, 6) is 0.598. The number of likely N-dealkylation sites (tertiary alicyclic amines) is 1. The smallest absolute Gasteiger partial charge is 0.257 e. The fraction of sp³-hybridized carbons (Fsp3) is 0.522. The zero-order chi connectivity index (χ0) is 21.5. The van der Waals surface area contributed by atoms with Crippen molar-refractivity contribution in [1.29, 1.82) is 0 Å². The Morgan fingerprint density at radius 2 is 2.06 bits per heavy atom. The summed E-state index contributed by atoms with van der Waals surface area (Å²) in [5, 5.41) is 13.0. The molecule has 3 aromatic rings. The van der Waals surface area contributed by atoms with Crippen LogP contribution in [-0.2, 0) is 19.4 Å². The summed E-state index contributed by atoms with van der Waals surface area (Å²) in [4.78, 5) is 20.5. The Kier molecular flexibility index (Phi) is 5.25. The SMILES string of the molecule is Cc1nc2n(c(=O)c1CCN1CCC(c3c4ccc(F)cc4o[n+]3[O-])CC1)CCCC2. The highest BCUT2D eigenvalue weighted by Gasteiger charge is 2.31. The van der Waals surface area contributed by atoms with Crippen LogP contribution in [0.5, 0.6) is 0 Å². The predicted octanol–water partition coefficient (Wildman–Crippen LogP) is 2.83. The van der Waals surface area contributed by atoms with E-state index in [9.17, 15) is 14.4 Å². The summed E-state index contributed by atoms with van der Waals surface area (Å²) >= 11 is 0. The highest BCUT2D eigenvalue weighted by Crippen LogP contribution is 2.31. The Hall–Kier alpha value is -2.74. The Balaban J connectivity index is 1.25. The van der Waals surface area contributed by atoms with E-state index in [1.54, 1.807) is 6.07 Å². The Morgan fingerprint density at radius 3 is 2.87 bits per heavy atom. The molecule has 0 aliphatic carbocycles. The second-order valence-electron chi connectivity index (χ2n) is 8.75. The number of benzene rings is 1. The molecule has 0 bridgehead atoms. The molecule has 2 aromatic heterocycles. The Labute approximate surface area is 179 Å². The van der Waals surface area contributed by atoms with Crippen molar-refractivity contribution in [2.24, 2.45) is 0 Å². The topological polar surface area (TPSA) is 78.2 Å². The first-order valence-corrected chi connectivity index (χ1v) is 11.1. The third-order valence-electron chi connectivity index (χ3n) is 6.83. The monoisotopic (exact) mass is 426 g/mol. The lowest BCUT2D eigenvalue weighted by Gasteiger charge is -2.30. The van der Waals surface area contributed by atoms with E-state index in [-0.39, 0.29) is 11.5 Å². The van der Waals surface area contributed by atoms with Crippen molar-refractivity contribution in [2.75, 3.05) is 19.6 Å². The lowest BCUT2D eigenvalue weighted by molar-refractivity contribution is -0.795. The molecule has 0 atom stereocenters. The van der Waals surface area contributed by atoms with Crippen LogP contribution in [0.25, 0.3) is 11.0 Å². The van der Waals surface area contributed by atoms with Crippen LogP contribution in [0.1, 0.15) is 54.4 Å². The third kappa shape index (κ3) is 3.73. The third-order valence-corrected chi connectivity index (χ3v) is 6.83. The highest BCUT2D eigenvalue weighted by atomic mass is 19.1. The van der Waals surface area contributed by atoms with Crippen molar-refractivity contribution in [2.45, 2.75) is 57.9 Å². The molecule has 1 fully saturated rings. The molecule has 0 saturated carbocycles. The normalized spacial score (nSPS) is 17.9. The molecule has 0 unspecified atom stereocenters. The largest absolute Gasteiger partial charge is 0.366 e. The number of fused-ring (bicyclic) bond motifs is 2. The minimum Gasteiger partial charge on any atom is -0.366 e. The second-order valence-corrected chi connectivity index (χ2v) is 8.75. The molecule has 5 rings (SSSR count). The van der Waals surface area contributed by atoms with Crippen LogP contribution in [-0.4, -0.2) is 34.1 Å². The van der Waals surface area contributed by atoms with Crippen LogP contribution in [0.15, 0.2) is 27.5 Å². The molecule has 4 heterocycles. The molecule has 1 saturated heterocycles. The number of halogens is 1. The molecule has 0 amide bonds. The van der Waals surface area contributed by atoms with E-state index in [1.807, 2.05) is 11.5 Å². The number of rotatable bonds is 4. The van der Waals surface area contributed by atoms with Gasteiger partial charge in [-0.2, -0.15) is 0 Å². The van der Waals surface area contributed by atoms with Crippen molar-refractivity contribution in [3.05, 3.63) is 62.4 Å². The minimum absolute atomic E-state index is 0.0817. The number of hydrogen-bond donors (Lipinski definition) is 0. The molecular weight excluding hydrogens is 399 g/mol. The molecule has 31 heavy (non-hydrogen) atoms. The van der Waals surface area contributed by atoms with E-state index < -0.39 is 5.82 Å². The van der Waals surface area contributed by atoms with Crippen LogP contribution in [0.4, 0.5) is 4.39 Å². The van der Waals surface area contributed by atoms with E-state index in [1.165, 1.54) is 12.1 Å². The summed E-state index contributed by atoms with van der Waals surface area (Å²) in [5.41, 5.74) is 2.71. The quantitative estimate of drug-likeness (QED) is 0.600. The van der Waals surface area contributed by atoms with Crippen molar-refractivity contribution < 1.29 is 13.8 Å². The van der Waals surface area contributed by atoms with Gasteiger partial charge in [-0.3, -0.25) is 14.6 Å². The van der Waals surface area contributed by atoms with Gasteiger partial charge < -0.3 is 9.42 Å². The summed E-state index contributed by atoms with van der Waals surface area (Å²) in [7, 11) is 0. The van der Waals surface area contributed by atoms with E-state index in [4.69, 9.17) is 9.51 Å². The molecule has 2 aliphatic rings. The van der Waals surface area contributed by atoms with Gasteiger partial charge in [-0.15, -0.1) is 0 Å². The average molecular weight is 426 g/mol. The van der Waals surface area contributed by atoms with Crippen LogP contribution in [0.3, 0.4) is 0 Å². The molecule has 2 aliphatic heterocycles. The fourth-order valence-electron chi connectivity index (χ4n) is 5.11. The van der Waals surface area contributed by atoms with Gasteiger partial charge in [0.25, 0.3) is 11.3 Å². The van der Waals surface area contributed by atoms with Gasteiger partial charge in [0.2, 0.25) is 0 Å². The minimum atomic E-state index is -0.411. The van der Waals surface area contributed by atoms with Crippen LogP contribution < -0.4 is 10.5 Å². The van der Waals surface area contributed by atoms with E-state index in [2.05, 4.69) is 4.90 Å². The van der Waals surface area contributed by atoms with Gasteiger partial charge in [0.1, 0.15) is 11.6 Å². The lowest BCUT2D eigenvalue weighted by Crippen LogP contribution is -2.39. The first-order valence-electron chi connectivity index (χ1n) is 11.1. The molecule has 0 N–H and O–H groups in total.